The number of thioether (sulfide) groups is 1. The lowest BCUT2D eigenvalue weighted by molar-refractivity contribution is -0.141. The number of hydrogen-bond donors (Lipinski definition) is 1. The molecule has 0 aliphatic rings. The Morgan fingerprint density at radius 1 is 1.03 bits per heavy atom. The zero-order valence-corrected chi connectivity index (χ0v) is 17.6. The van der Waals surface area contributed by atoms with Crippen molar-refractivity contribution in [1.29, 1.82) is 0 Å². The third-order valence-electron chi connectivity index (χ3n) is 4.71. The molecule has 0 unspecified atom stereocenters. The number of carbonyl (C=O) groups excluding carboxylic acids is 1. The van der Waals surface area contributed by atoms with Crippen LogP contribution in [0.2, 0.25) is 0 Å². The molecule has 0 saturated heterocycles. The highest BCUT2D eigenvalue weighted by atomic mass is 32.2. The van der Waals surface area contributed by atoms with Crippen LogP contribution in [0.15, 0.2) is 65.7 Å². The number of hydrogen-bond acceptors (Lipinski definition) is 3. The SMILES string of the molecule is CSc1cc(C(=O)N[C@H](C)c2ccc(C(F)(F)F)nc2)cc(-c2ccc(C)cc2)c1. The number of pyridine rings is 1. The number of amides is 1. The highest BCUT2D eigenvalue weighted by Crippen LogP contribution is 2.29. The lowest BCUT2D eigenvalue weighted by atomic mass is 10.0. The Morgan fingerprint density at radius 2 is 1.73 bits per heavy atom. The third kappa shape index (κ3) is 5.21. The molecule has 3 aromatic rings. The number of benzene rings is 2. The maximum absolute atomic E-state index is 12.8. The first-order chi connectivity index (χ1) is 14.2. The summed E-state index contributed by atoms with van der Waals surface area (Å²) in [6.07, 6.45) is -1.41. The average Bonchev–Trinajstić information content (AvgIpc) is 2.73. The van der Waals surface area contributed by atoms with Crippen molar-refractivity contribution in [2.45, 2.75) is 31.0 Å². The normalized spacial score (nSPS) is 12.5. The molecule has 0 bridgehead atoms. The summed E-state index contributed by atoms with van der Waals surface area (Å²) in [6, 6.07) is 15.4. The zero-order valence-electron chi connectivity index (χ0n) is 16.7. The molecule has 0 radical (unpaired) electrons. The minimum Gasteiger partial charge on any atom is -0.345 e. The molecule has 0 aliphatic carbocycles. The van der Waals surface area contributed by atoms with Gasteiger partial charge in [-0.3, -0.25) is 9.78 Å². The van der Waals surface area contributed by atoms with Gasteiger partial charge in [0.25, 0.3) is 5.91 Å². The first-order valence-corrected chi connectivity index (χ1v) is 10.5. The molecular weight excluding hydrogens is 409 g/mol. The van der Waals surface area contributed by atoms with E-state index < -0.39 is 17.9 Å². The standard InChI is InChI=1S/C23H21F3N2OS/c1-14-4-6-16(7-5-14)18-10-19(12-20(11-18)30-3)22(29)28-15(2)17-8-9-21(27-13-17)23(24,25)26/h4-13,15H,1-3H3,(H,28,29)/t15-/m1/s1. The molecule has 156 valence electrons. The number of halogens is 3. The van der Waals surface area contributed by atoms with Gasteiger partial charge in [0.1, 0.15) is 5.69 Å². The van der Waals surface area contributed by atoms with Crippen LogP contribution in [0.4, 0.5) is 13.2 Å². The molecular formula is C23H21F3N2OS. The second-order valence-corrected chi connectivity index (χ2v) is 7.87. The van der Waals surface area contributed by atoms with Gasteiger partial charge in [-0.25, -0.2) is 0 Å². The Kier molecular flexibility index (Phi) is 6.51. The first-order valence-electron chi connectivity index (χ1n) is 9.27. The van der Waals surface area contributed by atoms with Crippen molar-refractivity contribution in [2.24, 2.45) is 0 Å². The second-order valence-electron chi connectivity index (χ2n) is 6.99. The van der Waals surface area contributed by atoms with E-state index in [-0.39, 0.29) is 5.91 Å². The average molecular weight is 430 g/mol. The number of nitrogens with zero attached hydrogens (tertiary/aromatic N) is 1. The molecule has 0 saturated carbocycles. The summed E-state index contributed by atoms with van der Waals surface area (Å²) in [5.74, 6) is -0.299. The summed E-state index contributed by atoms with van der Waals surface area (Å²) in [6.45, 7) is 3.72. The first kappa shape index (κ1) is 21.9. The lowest BCUT2D eigenvalue weighted by Crippen LogP contribution is -2.27. The van der Waals surface area contributed by atoms with E-state index in [1.807, 2.05) is 49.6 Å². The van der Waals surface area contributed by atoms with Crippen LogP contribution in [-0.4, -0.2) is 17.1 Å². The fourth-order valence-corrected chi connectivity index (χ4v) is 3.44. The zero-order chi connectivity index (χ0) is 21.9. The Balaban J connectivity index is 1.82. The summed E-state index contributed by atoms with van der Waals surface area (Å²) in [7, 11) is 0. The molecule has 0 spiro atoms. The van der Waals surface area contributed by atoms with E-state index in [1.54, 1.807) is 13.0 Å². The van der Waals surface area contributed by atoms with Gasteiger partial charge in [0, 0.05) is 16.7 Å². The Hall–Kier alpha value is -2.80. The van der Waals surface area contributed by atoms with Gasteiger partial charge in [0.2, 0.25) is 0 Å². The van der Waals surface area contributed by atoms with E-state index in [4.69, 9.17) is 0 Å². The molecule has 1 N–H and O–H groups in total. The van der Waals surface area contributed by atoms with E-state index in [9.17, 15) is 18.0 Å². The summed E-state index contributed by atoms with van der Waals surface area (Å²) >= 11 is 1.53. The molecule has 30 heavy (non-hydrogen) atoms. The predicted octanol–water partition coefficient (Wildman–Crippen LogP) is 6.29. The van der Waals surface area contributed by atoms with E-state index in [0.29, 0.717) is 11.1 Å². The fourth-order valence-electron chi connectivity index (χ4n) is 2.95. The number of nitrogens with one attached hydrogen (secondary N) is 1. The molecule has 3 rings (SSSR count). The van der Waals surface area contributed by atoms with Crippen LogP contribution in [0.3, 0.4) is 0 Å². The molecule has 1 heterocycles. The Morgan fingerprint density at radius 3 is 2.30 bits per heavy atom. The Bertz CT molecular complexity index is 1030. The molecule has 3 nitrogen and oxygen atoms in total. The van der Waals surface area contributed by atoms with E-state index in [2.05, 4.69) is 10.3 Å². The summed E-state index contributed by atoms with van der Waals surface area (Å²) in [5, 5.41) is 2.84. The number of aryl methyl sites for hydroxylation is 1. The van der Waals surface area contributed by atoms with Gasteiger partial charge in [-0.05, 0) is 61.1 Å². The van der Waals surface area contributed by atoms with Crippen molar-refractivity contribution in [3.05, 3.63) is 83.2 Å². The van der Waals surface area contributed by atoms with Crippen molar-refractivity contribution < 1.29 is 18.0 Å². The monoisotopic (exact) mass is 430 g/mol. The van der Waals surface area contributed by atoms with E-state index in [0.717, 1.165) is 33.8 Å². The summed E-state index contributed by atoms with van der Waals surface area (Å²) in [4.78, 5) is 17.2. The second kappa shape index (κ2) is 8.92. The van der Waals surface area contributed by atoms with Crippen molar-refractivity contribution >= 4 is 17.7 Å². The number of rotatable bonds is 5. The largest absolute Gasteiger partial charge is 0.433 e. The molecule has 2 aromatic carbocycles. The van der Waals surface area contributed by atoms with Crippen LogP contribution >= 0.6 is 11.8 Å². The van der Waals surface area contributed by atoms with Gasteiger partial charge < -0.3 is 5.32 Å². The summed E-state index contributed by atoms with van der Waals surface area (Å²) in [5.41, 5.74) is 3.11. The fraction of sp³-hybridized carbons (Fsp3) is 0.217. The minimum atomic E-state index is -4.49. The van der Waals surface area contributed by atoms with E-state index in [1.165, 1.54) is 17.8 Å². The van der Waals surface area contributed by atoms with Gasteiger partial charge >= 0.3 is 6.18 Å². The summed E-state index contributed by atoms with van der Waals surface area (Å²) < 4.78 is 38.1. The molecule has 7 heteroatoms. The maximum atomic E-state index is 12.8. The highest BCUT2D eigenvalue weighted by molar-refractivity contribution is 7.98. The van der Waals surface area contributed by atoms with E-state index >= 15 is 0 Å². The van der Waals surface area contributed by atoms with Gasteiger partial charge in [0.05, 0.1) is 6.04 Å². The molecule has 1 amide bonds. The number of aromatic nitrogens is 1. The van der Waals surface area contributed by atoms with Crippen LogP contribution < -0.4 is 5.32 Å². The topological polar surface area (TPSA) is 42.0 Å². The Labute approximate surface area is 177 Å². The number of alkyl halides is 3. The number of carbonyl (C=O) groups is 1. The van der Waals surface area contributed by atoms with Crippen molar-refractivity contribution in [3.8, 4) is 11.1 Å². The van der Waals surface area contributed by atoms with Crippen LogP contribution in [-0.2, 0) is 6.18 Å². The van der Waals surface area contributed by atoms with Gasteiger partial charge in [-0.2, -0.15) is 13.2 Å². The molecule has 1 atom stereocenters. The van der Waals surface area contributed by atoms with Gasteiger partial charge in [-0.15, -0.1) is 11.8 Å². The van der Waals surface area contributed by atoms with Gasteiger partial charge in [-0.1, -0.05) is 35.9 Å². The van der Waals surface area contributed by atoms with Crippen LogP contribution in [0.1, 0.15) is 40.1 Å². The smallest absolute Gasteiger partial charge is 0.345 e. The van der Waals surface area contributed by atoms with Crippen molar-refractivity contribution in [3.63, 3.8) is 0 Å². The predicted molar refractivity (Wildman–Crippen MR) is 114 cm³/mol. The van der Waals surface area contributed by atoms with Crippen molar-refractivity contribution in [2.75, 3.05) is 6.26 Å². The van der Waals surface area contributed by atoms with Crippen LogP contribution in [0, 0.1) is 6.92 Å². The molecule has 1 aromatic heterocycles. The molecule has 0 aliphatic heterocycles. The maximum Gasteiger partial charge on any atom is 0.433 e. The lowest BCUT2D eigenvalue weighted by Gasteiger charge is -2.16. The molecule has 0 fully saturated rings. The van der Waals surface area contributed by atoms with Crippen LogP contribution in [0.25, 0.3) is 11.1 Å². The van der Waals surface area contributed by atoms with Crippen molar-refractivity contribution in [1.82, 2.24) is 10.3 Å². The highest BCUT2D eigenvalue weighted by Gasteiger charge is 2.32. The minimum absolute atomic E-state index is 0.299. The van der Waals surface area contributed by atoms with Crippen LogP contribution in [0.5, 0.6) is 0 Å². The van der Waals surface area contributed by atoms with Gasteiger partial charge in [0.15, 0.2) is 0 Å². The third-order valence-corrected chi connectivity index (χ3v) is 5.42. The quantitative estimate of drug-likeness (QED) is 0.484.